The van der Waals surface area contributed by atoms with E-state index in [1.165, 1.54) is 4.39 Å². The minimum Gasteiger partial charge on any atom is -0.190 e. The molecule has 0 aliphatic rings. The van der Waals surface area contributed by atoms with E-state index in [0.29, 0.717) is 0 Å². The van der Waals surface area contributed by atoms with Gasteiger partial charge in [-0.15, -0.1) is 0 Å². The van der Waals surface area contributed by atoms with Crippen LogP contribution in [-0.2, 0) is 14.5 Å². The van der Waals surface area contributed by atoms with Gasteiger partial charge in [0.2, 0.25) is 0 Å². The molecule has 0 amide bonds. The summed E-state index contributed by atoms with van der Waals surface area (Å²) in [5.41, 5.74) is 0. The van der Waals surface area contributed by atoms with Gasteiger partial charge in [-0.05, 0) is 4.53 Å². The highest BCUT2D eigenvalue weighted by atomic mass is 32.2. The van der Waals surface area contributed by atoms with Gasteiger partial charge < -0.3 is 0 Å². The van der Waals surface area contributed by atoms with Crippen LogP contribution in [0.15, 0.2) is 0 Å². The first kappa shape index (κ1) is 11.5. The molecule has 0 saturated carbocycles. The predicted molar refractivity (Wildman–Crippen MR) is 22.1 cm³/mol. The molecule has 10 heteroatoms. The lowest BCUT2D eigenvalue weighted by Crippen LogP contribution is -2.43. The van der Waals surface area contributed by atoms with Crippen molar-refractivity contribution in [2.24, 2.45) is 0 Å². The van der Waals surface area contributed by atoms with Gasteiger partial charge in [0.1, 0.15) is 0 Å². The Balaban J connectivity index is 5.14. The Morgan fingerprint density at radius 2 is 1.33 bits per heavy atom. The molecule has 0 radical (unpaired) electrons. The van der Waals surface area contributed by atoms with E-state index in [1.54, 1.807) is 0 Å². The second-order valence-electron chi connectivity index (χ2n) is 1.53. The minimum atomic E-state index is -6.58. The summed E-state index contributed by atoms with van der Waals surface area (Å²) >= 11 is 0. The number of hydrogen-bond acceptors (Lipinski definition) is 3. The van der Waals surface area contributed by atoms with Gasteiger partial charge in [0, 0.05) is 0 Å². The molecule has 0 unspecified atom stereocenters. The first-order valence-electron chi connectivity index (χ1n) is 2.05. The van der Waals surface area contributed by atoms with E-state index in [4.69, 9.17) is 0 Å². The van der Waals surface area contributed by atoms with Crippen LogP contribution >= 0.6 is 0 Å². The molecule has 0 aromatic heterocycles. The number of hydrogen-bond donors (Lipinski definition) is 0. The average Bonchev–Trinajstić information content (AvgIpc) is 1.85. The minimum absolute atomic E-state index is 1.53. The van der Waals surface area contributed by atoms with Crippen molar-refractivity contribution in [2.75, 3.05) is 0 Å². The first-order valence-corrected chi connectivity index (χ1v) is 3.46. The fourth-order valence-electron chi connectivity index (χ4n) is 0.181. The van der Waals surface area contributed by atoms with Crippen LogP contribution in [0.4, 0.5) is 26.5 Å². The van der Waals surface area contributed by atoms with Crippen LogP contribution in [0.2, 0.25) is 0 Å². The van der Waals surface area contributed by atoms with Crippen LogP contribution in [0.1, 0.15) is 0 Å². The standard InChI is InChI=1S/C2F6O3S/c3-1(4,5)2(6,7)12(9,10)11-8. The highest BCUT2D eigenvalue weighted by Gasteiger charge is 2.69. The van der Waals surface area contributed by atoms with E-state index in [0.717, 1.165) is 0 Å². The maximum atomic E-state index is 11.6. The zero-order valence-corrected chi connectivity index (χ0v) is 5.72. The SMILES string of the molecule is O=S(=O)(OF)C(F)(F)C(F)(F)F. The van der Waals surface area contributed by atoms with Crippen LogP contribution < -0.4 is 0 Å². The van der Waals surface area contributed by atoms with Crippen molar-refractivity contribution >= 4 is 10.1 Å². The maximum Gasteiger partial charge on any atom is 0.472 e. The molecule has 74 valence electrons. The van der Waals surface area contributed by atoms with Crippen molar-refractivity contribution in [1.82, 2.24) is 0 Å². The molecule has 0 atom stereocenters. The van der Waals surface area contributed by atoms with Crippen molar-refractivity contribution in [3.05, 3.63) is 0 Å². The van der Waals surface area contributed by atoms with Gasteiger partial charge in [-0.25, -0.2) is 0 Å². The molecule has 0 bridgehead atoms. The third-order valence-corrected chi connectivity index (χ3v) is 1.75. The van der Waals surface area contributed by atoms with Gasteiger partial charge in [-0.3, -0.25) is 0 Å². The molecular formula is C2F6O3S. The second-order valence-corrected chi connectivity index (χ2v) is 3.08. The molecule has 0 saturated heterocycles. The number of rotatable bonds is 2. The Morgan fingerprint density at radius 1 is 1.00 bits per heavy atom. The van der Waals surface area contributed by atoms with Crippen molar-refractivity contribution in [1.29, 1.82) is 0 Å². The molecule has 0 spiro atoms. The van der Waals surface area contributed by atoms with E-state index < -0.39 is 21.5 Å². The number of halogens is 6. The molecule has 12 heavy (non-hydrogen) atoms. The van der Waals surface area contributed by atoms with Crippen molar-refractivity contribution < 1.29 is 39.3 Å². The fourth-order valence-corrected chi connectivity index (χ4v) is 0.544. The van der Waals surface area contributed by atoms with Crippen LogP contribution in [-0.4, -0.2) is 19.8 Å². The lowest BCUT2D eigenvalue weighted by atomic mass is 10.7. The summed E-state index contributed by atoms with van der Waals surface area (Å²) < 4.78 is 88.1. The smallest absolute Gasteiger partial charge is 0.190 e. The highest BCUT2D eigenvalue weighted by molar-refractivity contribution is 7.87. The van der Waals surface area contributed by atoms with Gasteiger partial charge in [-0.1, -0.05) is 4.39 Å². The van der Waals surface area contributed by atoms with Gasteiger partial charge in [0.05, 0.1) is 0 Å². The third-order valence-electron chi connectivity index (χ3n) is 0.727. The fraction of sp³-hybridized carbons (Fsp3) is 1.00. The van der Waals surface area contributed by atoms with Crippen LogP contribution in [0.3, 0.4) is 0 Å². The Hall–Kier alpha value is -0.510. The van der Waals surface area contributed by atoms with Gasteiger partial charge in [0.15, 0.2) is 0 Å². The van der Waals surface area contributed by atoms with E-state index in [2.05, 4.69) is 0 Å². The summed E-state index contributed by atoms with van der Waals surface area (Å²) in [4.78, 5) is 0. The van der Waals surface area contributed by atoms with Crippen molar-refractivity contribution in [2.45, 2.75) is 11.4 Å². The summed E-state index contributed by atoms with van der Waals surface area (Å²) in [6.45, 7) is 0. The van der Waals surface area contributed by atoms with E-state index in [1.807, 2.05) is 0 Å². The van der Waals surface area contributed by atoms with E-state index >= 15 is 0 Å². The van der Waals surface area contributed by atoms with Crippen molar-refractivity contribution in [3.63, 3.8) is 0 Å². The van der Waals surface area contributed by atoms with Crippen LogP contribution in [0, 0.1) is 0 Å². The molecule has 0 aromatic carbocycles. The summed E-state index contributed by atoms with van der Waals surface area (Å²) in [5.74, 6) is 0. The lowest BCUT2D eigenvalue weighted by molar-refractivity contribution is -0.247. The lowest BCUT2D eigenvalue weighted by Gasteiger charge is -2.15. The maximum absolute atomic E-state index is 11.6. The predicted octanol–water partition coefficient (Wildman–Crippen LogP) is 1.37. The highest BCUT2D eigenvalue weighted by Crippen LogP contribution is 2.40. The monoisotopic (exact) mass is 218 g/mol. The Labute approximate surface area is 61.9 Å². The molecule has 0 aromatic rings. The summed E-state index contributed by atoms with van der Waals surface area (Å²) in [5, 5.41) is -6.24. The molecule has 0 rings (SSSR count). The van der Waals surface area contributed by atoms with Gasteiger partial charge in [0.25, 0.3) is 0 Å². The normalized spacial score (nSPS) is 14.8. The topological polar surface area (TPSA) is 43.4 Å². The van der Waals surface area contributed by atoms with E-state index in [-0.39, 0.29) is 0 Å². The average molecular weight is 218 g/mol. The molecule has 0 N–H and O–H groups in total. The molecule has 0 aliphatic carbocycles. The Morgan fingerprint density at radius 3 is 1.42 bits per heavy atom. The molecule has 3 nitrogen and oxygen atoms in total. The molecule has 0 aliphatic heterocycles. The zero-order valence-electron chi connectivity index (χ0n) is 4.90. The van der Waals surface area contributed by atoms with Crippen LogP contribution in [0.25, 0.3) is 0 Å². The Bertz CT molecular complexity index is 250. The zero-order chi connectivity index (χ0) is 10.2. The van der Waals surface area contributed by atoms with Crippen LogP contribution in [0.5, 0.6) is 0 Å². The summed E-state index contributed by atoms with van der Waals surface area (Å²) in [7, 11) is -6.58. The number of alkyl halides is 5. The molecular weight excluding hydrogens is 218 g/mol. The summed E-state index contributed by atoms with van der Waals surface area (Å²) in [6, 6.07) is 0. The Kier molecular flexibility index (Phi) is 2.65. The molecule has 0 heterocycles. The van der Waals surface area contributed by atoms with Crippen molar-refractivity contribution in [3.8, 4) is 0 Å². The first-order chi connectivity index (χ1) is 5.06. The van der Waals surface area contributed by atoms with Gasteiger partial charge in [-0.2, -0.15) is 30.4 Å². The van der Waals surface area contributed by atoms with Gasteiger partial charge >= 0.3 is 21.5 Å². The van der Waals surface area contributed by atoms with E-state index in [9.17, 15) is 34.9 Å². The second kappa shape index (κ2) is 2.76. The third kappa shape index (κ3) is 1.63. The summed E-state index contributed by atoms with van der Waals surface area (Å²) in [6.07, 6.45) is -6.40. The quantitative estimate of drug-likeness (QED) is 0.657. The molecule has 0 fully saturated rings. The largest absolute Gasteiger partial charge is 0.472 e.